The molecular weight excluding hydrogens is 338 g/mol. The van der Waals surface area contributed by atoms with Crippen LogP contribution in [0.2, 0.25) is 0 Å². The molecule has 3 rings (SSSR count). The van der Waals surface area contributed by atoms with E-state index in [9.17, 15) is 13.2 Å². The van der Waals surface area contributed by atoms with Gasteiger partial charge >= 0.3 is 6.03 Å². The number of aromatic nitrogens is 1. The molecule has 2 aromatic rings. The fourth-order valence-electron chi connectivity index (χ4n) is 3.54. The van der Waals surface area contributed by atoms with Gasteiger partial charge in [-0.1, -0.05) is 18.9 Å². The van der Waals surface area contributed by atoms with Gasteiger partial charge in [-0.25, -0.2) is 13.2 Å². The summed E-state index contributed by atoms with van der Waals surface area (Å²) in [6.07, 6.45) is 6.00. The van der Waals surface area contributed by atoms with Crippen LogP contribution in [0.4, 0.5) is 10.5 Å². The molecule has 0 spiro atoms. The average molecular weight is 361 g/mol. The number of hydrogen-bond acceptors (Lipinski definition) is 4. The van der Waals surface area contributed by atoms with Crippen molar-refractivity contribution in [2.24, 2.45) is 0 Å². The molecule has 7 heteroatoms. The quantitative estimate of drug-likeness (QED) is 0.879. The molecule has 1 heterocycles. The maximum Gasteiger partial charge on any atom is 0.319 e. The lowest BCUT2D eigenvalue weighted by molar-refractivity contribution is 0.244. The van der Waals surface area contributed by atoms with Crippen molar-refractivity contribution in [3.05, 3.63) is 36.0 Å². The Morgan fingerprint density at radius 2 is 2.00 bits per heavy atom. The van der Waals surface area contributed by atoms with Crippen molar-refractivity contribution in [1.82, 2.24) is 10.3 Å². The van der Waals surface area contributed by atoms with Crippen molar-refractivity contribution in [2.75, 3.05) is 11.6 Å². The number of urea groups is 1. The van der Waals surface area contributed by atoms with Crippen LogP contribution in [-0.2, 0) is 9.84 Å². The summed E-state index contributed by atoms with van der Waals surface area (Å²) in [6.45, 7) is 1.95. The van der Waals surface area contributed by atoms with Crippen LogP contribution < -0.4 is 10.6 Å². The molecule has 0 unspecified atom stereocenters. The first-order chi connectivity index (χ1) is 11.8. The largest absolute Gasteiger partial charge is 0.334 e. The van der Waals surface area contributed by atoms with E-state index in [1.165, 1.54) is 6.26 Å². The zero-order valence-electron chi connectivity index (χ0n) is 14.5. The molecule has 1 saturated carbocycles. The summed E-state index contributed by atoms with van der Waals surface area (Å²) >= 11 is 0. The number of pyridine rings is 1. The summed E-state index contributed by atoms with van der Waals surface area (Å²) in [5.41, 5.74) is 2.36. The fraction of sp³-hybridized carbons (Fsp3) is 0.444. The number of anilines is 1. The standard InChI is InChI=1S/C18H23N3O3S/c1-12-10-13-6-5-9-19-17(13)15(11-12)21-18(22)20-14-7-3-4-8-16(14)25(2,23)24/h5-6,9-11,14,16H,3-4,7-8H2,1-2H3,(H2,20,21,22)/t14-,16-/m1/s1. The lowest BCUT2D eigenvalue weighted by atomic mass is 9.95. The summed E-state index contributed by atoms with van der Waals surface area (Å²) in [5, 5.41) is 6.12. The predicted octanol–water partition coefficient (Wildman–Crippen LogP) is 3.02. The van der Waals surface area contributed by atoms with Crippen LogP contribution in [0.25, 0.3) is 10.9 Å². The Balaban J connectivity index is 1.79. The Bertz CT molecular complexity index is 896. The minimum Gasteiger partial charge on any atom is -0.334 e. The molecule has 2 amide bonds. The van der Waals surface area contributed by atoms with Crippen LogP contribution in [0, 0.1) is 6.92 Å². The summed E-state index contributed by atoms with van der Waals surface area (Å²) in [4.78, 5) is 16.8. The van der Waals surface area contributed by atoms with E-state index >= 15 is 0 Å². The number of carbonyl (C=O) groups is 1. The second-order valence-electron chi connectivity index (χ2n) is 6.74. The van der Waals surface area contributed by atoms with Crippen molar-refractivity contribution >= 4 is 32.5 Å². The van der Waals surface area contributed by atoms with Gasteiger partial charge in [-0.3, -0.25) is 4.98 Å². The Labute approximate surface area is 147 Å². The molecule has 0 saturated heterocycles. The van der Waals surface area contributed by atoms with Crippen molar-refractivity contribution in [3.8, 4) is 0 Å². The number of sulfone groups is 1. The molecule has 1 aromatic carbocycles. The molecule has 2 atom stereocenters. The fourth-order valence-corrected chi connectivity index (χ4v) is 4.93. The van der Waals surface area contributed by atoms with Crippen molar-refractivity contribution in [2.45, 2.75) is 43.9 Å². The van der Waals surface area contributed by atoms with Crippen molar-refractivity contribution in [3.63, 3.8) is 0 Å². The van der Waals surface area contributed by atoms with Gasteiger partial charge in [-0.15, -0.1) is 0 Å². The molecule has 134 valence electrons. The van der Waals surface area contributed by atoms with E-state index in [0.29, 0.717) is 24.0 Å². The minimum atomic E-state index is -3.19. The van der Waals surface area contributed by atoms with E-state index in [1.54, 1.807) is 6.20 Å². The Morgan fingerprint density at radius 1 is 1.24 bits per heavy atom. The van der Waals surface area contributed by atoms with E-state index in [4.69, 9.17) is 0 Å². The van der Waals surface area contributed by atoms with Crippen molar-refractivity contribution < 1.29 is 13.2 Å². The summed E-state index contributed by atoms with van der Waals surface area (Å²) in [5.74, 6) is 0. The third-order valence-corrected chi connectivity index (χ3v) is 6.33. The molecular formula is C18H23N3O3S. The van der Waals surface area contributed by atoms with Gasteiger partial charge < -0.3 is 10.6 Å². The Kier molecular flexibility index (Phi) is 4.94. The normalized spacial score (nSPS) is 21.0. The van der Waals surface area contributed by atoms with Gasteiger partial charge in [0.1, 0.15) is 0 Å². The number of carbonyl (C=O) groups excluding carboxylic acids is 1. The molecule has 25 heavy (non-hydrogen) atoms. The molecule has 1 aliphatic rings. The highest BCUT2D eigenvalue weighted by atomic mass is 32.2. The monoisotopic (exact) mass is 361 g/mol. The van der Waals surface area contributed by atoms with E-state index < -0.39 is 21.1 Å². The Hall–Kier alpha value is -2.15. The number of nitrogens with zero attached hydrogens (tertiary/aromatic N) is 1. The minimum absolute atomic E-state index is 0.354. The molecule has 1 fully saturated rings. The third-order valence-electron chi connectivity index (χ3n) is 4.67. The summed E-state index contributed by atoms with van der Waals surface area (Å²) < 4.78 is 23.9. The van der Waals surface area contributed by atoms with Gasteiger partial charge in [0.15, 0.2) is 9.84 Å². The third kappa shape index (κ3) is 4.10. The molecule has 1 aliphatic carbocycles. The van der Waals surface area contributed by atoms with Crippen LogP contribution in [0.1, 0.15) is 31.2 Å². The zero-order chi connectivity index (χ0) is 18.0. The molecule has 0 radical (unpaired) electrons. The lowest BCUT2D eigenvalue weighted by Gasteiger charge is -2.30. The molecule has 6 nitrogen and oxygen atoms in total. The van der Waals surface area contributed by atoms with E-state index in [-0.39, 0.29) is 6.04 Å². The second kappa shape index (κ2) is 7.00. The highest BCUT2D eigenvalue weighted by molar-refractivity contribution is 7.91. The summed E-state index contributed by atoms with van der Waals surface area (Å²) in [7, 11) is -3.19. The SMILES string of the molecule is Cc1cc(NC(=O)N[C@@H]2CCCC[C@H]2S(C)(=O)=O)c2ncccc2c1. The number of amides is 2. The van der Waals surface area contributed by atoms with E-state index in [0.717, 1.165) is 23.8 Å². The number of aryl methyl sites for hydroxylation is 1. The smallest absolute Gasteiger partial charge is 0.319 e. The average Bonchev–Trinajstić information content (AvgIpc) is 2.54. The number of hydrogen-bond donors (Lipinski definition) is 2. The van der Waals surface area contributed by atoms with Crippen LogP contribution >= 0.6 is 0 Å². The van der Waals surface area contributed by atoms with Crippen LogP contribution in [0.5, 0.6) is 0 Å². The van der Waals surface area contributed by atoms with Crippen LogP contribution in [0.3, 0.4) is 0 Å². The number of fused-ring (bicyclic) bond motifs is 1. The van der Waals surface area contributed by atoms with Gasteiger partial charge in [0.2, 0.25) is 0 Å². The molecule has 0 bridgehead atoms. The highest BCUT2D eigenvalue weighted by Gasteiger charge is 2.33. The first-order valence-electron chi connectivity index (χ1n) is 8.46. The number of benzene rings is 1. The number of nitrogens with one attached hydrogen (secondary N) is 2. The second-order valence-corrected chi connectivity index (χ2v) is 9.01. The first-order valence-corrected chi connectivity index (χ1v) is 10.4. The zero-order valence-corrected chi connectivity index (χ0v) is 15.3. The van der Waals surface area contributed by atoms with Crippen LogP contribution in [0.15, 0.2) is 30.5 Å². The van der Waals surface area contributed by atoms with Gasteiger partial charge in [0.25, 0.3) is 0 Å². The molecule has 0 aliphatic heterocycles. The molecule has 2 N–H and O–H groups in total. The van der Waals surface area contributed by atoms with Gasteiger partial charge in [0, 0.05) is 23.9 Å². The first kappa shape index (κ1) is 17.7. The Morgan fingerprint density at radius 3 is 2.76 bits per heavy atom. The van der Waals surface area contributed by atoms with Crippen LogP contribution in [-0.4, -0.2) is 37.0 Å². The summed E-state index contributed by atoms with van der Waals surface area (Å²) in [6, 6.07) is 6.92. The van der Waals surface area contributed by atoms with Gasteiger partial charge in [-0.2, -0.15) is 0 Å². The van der Waals surface area contributed by atoms with E-state index in [1.807, 2.05) is 31.2 Å². The lowest BCUT2D eigenvalue weighted by Crippen LogP contribution is -2.49. The van der Waals surface area contributed by atoms with E-state index in [2.05, 4.69) is 15.6 Å². The van der Waals surface area contributed by atoms with Gasteiger partial charge in [-0.05, 0) is 43.5 Å². The highest BCUT2D eigenvalue weighted by Crippen LogP contribution is 2.25. The topological polar surface area (TPSA) is 88.2 Å². The maximum atomic E-state index is 12.5. The number of rotatable bonds is 3. The predicted molar refractivity (Wildman–Crippen MR) is 99.5 cm³/mol. The molecule has 1 aromatic heterocycles. The van der Waals surface area contributed by atoms with Gasteiger partial charge in [0.05, 0.1) is 16.5 Å². The van der Waals surface area contributed by atoms with Crippen molar-refractivity contribution in [1.29, 1.82) is 0 Å². The maximum absolute atomic E-state index is 12.5.